The first-order valence-electron chi connectivity index (χ1n) is 11.1. The van der Waals surface area contributed by atoms with Crippen LogP contribution in [0.15, 0.2) is 47.1 Å². The fourth-order valence-corrected chi connectivity index (χ4v) is 3.98. The van der Waals surface area contributed by atoms with Gasteiger partial charge in [0.15, 0.2) is 0 Å². The van der Waals surface area contributed by atoms with E-state index in [1.807, 2.05) is 37.3 Å². The lowest BCUT2D eigenvalue weighted by Gasteiger charge is -2.23. The number of carbonyl (C=O) groups excluding carboxylic acids is 2. The van der Waals surface area contributed by atoms with Crippen molar-refractivity contribution in [1.29, 1.82) is 0 Å². The molecule has 3 heterocycles. The highest BCUT2D eigenvalue weighted by atomic mass is 16.5. The Labute approximate surface area is 186 Å². The predicted molar refractivity (Wildman–Crippen MR) is 118 cm³/mol. The van der Waals surface area contributed by atoms with Crippen LogP contribution in [0.3, 0.4) is 0 Å². The molecule has 0 saturated carbocycles. The predicted octanol–water partition coefficient (Wildman–Crippen LogP) is 2.87. The quantitative estimate of drug-likeness (QED) is 0.674. The summed E-state index contributed by atoms with van der Waals surface area (Å²) in [6.45, 7) is 4.03. The zero-order valence-corrected chi connectivity index (χ0v) is 18.2. The first kappa shape index (κ1) is 21.7. The van der Waals surface area contributed by atoms with Crippen LogP contribution in [0.1, 0.15) is 54.9 Å². The first-order chi connectivity index (χ1) is 15.7. The second-order valence-corrected chi connectivity index (χ2v) is 7.87. The van der Waals surface area contributed by atoms with Gasteiger partial charge in [0, 0.05) is 50.3 Å². The Hall–Kier alpha value is -3.49. The van der Waals surface area contributed by atoms with Crippen molar-refractivity contribution in [2.24, 2.45) is 0 Å². The molecule has 1 fully saturated rings. The van der Waals surface area contributed by atoms with Crippen LogP contribution in [0.4, 0.5) is 0 Å². The van der Waals surface area contributed by atoms with Gasteiger partial charge >= 0.3 is 0 Å². The highest BCUT2D eigenvalue weighted by molar-refractivity contribution is 5.92. The third kappa shape index (κ3) is 5.04. The van der Waals surface area contributed by atoms with E-state index in [-0.39, 0.29) is 24.2 Å². The summed E-state index contributed by atoms with van der Waals surface area (Å²) in [5, 5.41) is 11.3. The van der Waals surface area contributed by atoms with Crippen molar-refractivity contribution in [3.63, 3.8) is 0 Å². The van der Waals surface area contributed by atoms with Gasteiger partial charge in [-0.25, -0.2) is 0 Å². The molecule has 1 saturated heterocycles. The fourth-order valence-electron chi connectivity index (χ4n) is 3.98. The van der Waals surface area contributed by atoms with Crippen LogP contribution in [-0.2, 0) is 11.3 Å². The molecule has 2 amide bonds. The summed E-state index contributed by atoms with van der Waals surface area (Å²) in [6.07, 6.45) is 4.16. The van der Waals surface area contributed by atoms with Gasteiger partial charge in [0.05, 0.1) is 0 Å². The van der Waals surface area contributed by atoms with Crippen LogP contribution in [0.5, 0.6) is 0 Å². The van der Waals surface area contributed by atoms with E-state index in [4.69, 9.17) is 4.52 Å². The Morgan fingerprint density at radius 2 is 2.03 bits per heavy atom. The molecule has 0 aliphatic carbocycles. The van der Waals surface area contributed by atoms with E-state index in [2.05, 4.69) is 20.6 Å². The van der Waals surface area contributed by atoms with Crippen molar-refractivity contribution in [3.05, 3.63) is 54.2 Å². The number of aromatic nitrogens is 4. The molecular weight excluding hydrogens is 408 g/mol. The van der Waals surface area contributed by atoms with Crippen molar-refractivity contribution >= 4 is 11.8 Å². The summed E-state index contributed by atoms with van der Waals surface area (Å²) in [5.74, 6) is 0.972. The van der Waals surface area contributed by atoms with Gasteiger partial charge in [-0.05, 0) is 32.3 Å². The molecule has 9 nitrogen and oxygen atoms in total. The van der Waals surface area contributed by atoms with E-state index in [9.17, 15) is 9.59 Å². The van der Waals surface area contributed by atoms with Gasteiger partial charge < -0.3 is 14.7 Å². The summed E-state index contributed by atoms with van der Waals surface area (Å²) in [5.41, 5.74) is 1.44. The average Bonchev–Trinajstić information content (AvgIpc) is 3.49. The van der Waals surface area contributed by atoms with Crippen molar-refractivity contribution in [2.45, 2.75) is 45.1 Å². The SMILES string of the molecule is CCn1nccc1C(=O)N1CCCC(c2nc(-c3ccccc3)no2)CCNC(=O)CC1. The molecule has 9 heteroatoms. The van der Waals surface area contributed by atoms with Crippen LogP contribution in [0.2, 0.25) is 0 Å². The summed E-state index contributed by atoms with van der Waals surface area (Å²) in [4.78, 5) is 31.8. The Balaban J connectivity index is 1.48. The van der Waals surface area contributed by atoms with E-state index in [1.165, 1.54) is 0 Å². The minimum Gasteiger partial charge on any atom is -0.356 e. The molecule has 0 radical (unpaired) electrons. The van der Waals surface area contributed by atoms with Crippen molar-refractivity contribution in [1.82, 2.24) is 30.1 Å². The summed E-state index contributed by atoms with van der Waals surface area (Å²) >= 11 is 0. The minimum absolute atomic E-state index is 0.0106. The summed E-state index contributed by atoms with van der Waals surface area (Å²) in [7, 11) is 0. The Morgan fingerprint density at radius 3 is 2.84 bits per heavy atom. The summed E-state index contributed by atoms with van der Waals surface area (Å²) < 4.78 is 7.26. The maximum atomic E-state index is 13.1. The molecule has 2 aromatic heterocycles. The molecule has 0 spiro atoms. The molecule has 32 heavy (non-hydrogen) atoms. The van der Waals surface area contributed by atoms with Gasteiger partial charge in [0.2, 0.25) is 17.6 Å². The second-order valence-electron chi connectivity index (χ2n) is 7.87. The van der Waals surface area contributed by atoms with E-state index in [1.54, 1.807) is 21.8 Å². The molecular formula is C23H28N6O3. The molecule has 1 aliphatic heterocycles. The lowest BCUT2D eigenvalue weighted by atomic mass is 9.99. The van der Waals surface area contributed by atoms with Crippen LogP contribution < -0.4 is 5.32 Å². The topological polar surface area (TPSA) is 106 Å². The highest BCUT2D eigenvalue weighted by Crippen LogP contribution is 2.26. The standard InChI is InChI=1S/C23H28N6O3/c1-2-29-19(11-14-25-29)23(31)28-15-6-9-18(10-13-24-20(30)12-16-28)22-26-21(27-32-22)17-7-4-3-5-8-17/h3-5,7-8,11,14,18H,2,6,9-10,12-13,15-16H2,1H3,(H,24,30). The average molecular weight is 437 g/mol. The smallest absolute Gasteiger partial charge is 0.272 e. The van der Waals surface area contributed by atoms with Crippen molar-refractivity contribution < 1.29 is 14.1 Å². The van der Waals surface area contributed by atoms with Gasteiger partial charge in [-0.1, -0.05) is 35.5 Å². The normalized spacial score (nSPS) is 18.1. The molecule has 1 aromatic carbocycles. The number of amides is 2. The molecule has 168 valence electrons. The Morgan fingerprint density at radius 1 is 1.19 bits per heavy atom. The molecule has 1 N–H and O–H groups in total. The number of nitrogens with zero attached hydrogens (tertiary/aromatic N) is 5. The zero-order chi connectivity index (χ0) is 22.3. The lowest BCUT2D eigenvalue weighted by molar-refractivity contribution is -0.121. The Bertz CT molecular complexity index is 1040. The van der Waals surface area contributed by atoms with Crippen LogP contribution >= 0.6 is 0 Å². The third-order valence-electron chi connectivity index (χ3n) is 5.75. The third-order valence-corrected chi connectivity index (χ3v) is 5.75. The van der Waals surface area contributed by atoms with Gasteiger partial charge in [-0.3, -0.25) is 14.3 Å². The number of carbonyl (C=O) groups is 2. The molecule has 3 aromatic rings. The van der Waals surface area contributed by atoms with Gasteiger partial charge in [0.1, 0.15) is 5.69 Å². The number of nitrogens with one attached hydrogen (secondary N) is 1. The maximum absolute atomic E-state index is 13.1. The molecule has 1 unspecified atom stereocenters. The number of aryl methyl sites for hydroxylation is 1. The van der Waals surface area contributed by atoms with Crippen molar-refractivity contribution in [2.75, 3.05) is 19.6 Å². The highest BCUT2D eigenvalue weighted by Gasteiger charge is 2.24. The number of hydrogen-bond donors (Lipinski definition) is 1. The van der Waals surface area contributed by atoms with E-state index in [0.717, 1.165) is 18.4 Å². The number of rotatable bonds is 4. The summed E-state index contributed by atoms with van der Waals surface area (Å²) in [6, 6.07) is 11.4. The monoisotopic (exact) mass is 436 g/mol. The molecule has 4 rings (SSSR count). The number of benzene rings is 1. The van der Waals surface area contributed by atoms with E-state index < -0.39 is 0 Å². The molecule has 0 bridgehead atoms. The van der Waals surface area contributed by atoms with Gasteiger partial charge in [-0.15, -0.1) is 0 Å². The van der Waals surface area contributed by atoms with E-state index >= 15 is 0 Å². The second kappa shape index (κ2) is 10.2. The van der Waals surface area contributed by atoms with Gasteiger partial charge in [-0.2, -0.15) is 10.1 Å². The van der Waals surface area contributed by atoms with Crippen molar-refractivity contribution in [3.8, 4) is 11.4 Å². The zero-order valence-electron chi connectivity index (χ0n) is 18.2. The fraction of sp³-hybridized carbons (Fsp3) is 0.435. The maximum Gasteiger partial charge on any atom is 0.272 e. The minimum atomic E-state index is -0.0999. The molecule has 1 atom stereocenters. The van der Waals surface area contributed by atoms with Gasteiger partial charge in [0.25, 0.3) is 5.91 Å². The number of hydrogen-bond acceptors (Lipinski definition) is 6. The largest absolute Gasteiger partial charge is 0.356 e. The van der Waals surface area contributed by atoms with Crippen LogP contribution in [-0.4, -0.2) is 56.3 Å². The van der Waals surface area contributed by atoms with Crippen LogP contribution in [0, 0.1) is 0 Å². The lowest BCUT2D eigenvalue weighted by Crippen LogP contribution is -2.36. The van der Waals surface area contributed by atoms with Crippen LogP contribution in [0.25, 0.3) is 11.4 Å². The van der Waals surface area contributed by atoms with E-state index in [0.29, 0.717) is 50.0 Å². The molecule has 1 aliphatic rings. The Kier molecular flexibility index (Phi) is 6.94. The first-order valence-corrected chi connectivity index (χ1v) is 11.1.